The Bertz CT molecular complexity index is 643. The highest BCUT2D eigenvalue weighted by Gasteiger charge is 2.02. The smallest absolute Gasteiger partial charge is 0.122 e. The van der Waals surface area contributed by atoms with E-state index in [1.807, 2.05) is 6.07 Å². The molecular formula is C37H66O2. The molecule has 0 atom stereocenters. The van der Waals surface area contributed by atoms with Gasteiger partial charge in [0.1, 0.15) is 11.5 Å². The Balaban J connectivity index is 1.75. The Hall–Kier alpha value is -1.44. The first-order chi connectivity index (χ1) is 19.3. The second kappa shape index (κ2) is 28.1. The molecular weight excluding hydrogens is 476 g/mol. The van der Waals surface area contributed by atoms with Crippen molar-refractivity contribution < 1.29 is 9.47 Å². The van der Waals surface area contributed by atoms with Crippen LogP contribution >= 0.6 is 0 Å². The van der Waals surface area contributed by atoms with E-state index in [1.54, 1.807) is 14.2 Å². The lowest BCUT2D eigenvalue weighted by atomic mass is 10.0. The van der Waals surface area contributed by atoms with E-state index in [-0.39, 0.29) is 0 Å². The summed E-state index contributed by atoms with van der Waals surface area (Å²) in [6, 6.07) is 6.23. The predicted octanol–water partition coefficient (Wildman–Crippen LogP) is 12.6. The van der Waals surface area contributed by atoms with Gasteiger partial charge in [-0.05, 0) is 56.2 Å². The summed E-state index contributed by atoms with van der Waals surface area (Å²) in [7, 11) is 3.44. The quantitative estimate of drug-likeness (QED) is 0.0740. The molecule has 39 heavy (non-hydrogen) atoms. The molecule has 2 heteroatoms. The number of ether oxygens (including phenoxy) is 2. The largest absolute Gasteiger partial charge is 0.497 e. The van der Waals surface area contributed by atoms with Crippen LogP contribution in [0.2, 0.25) is 0 Å². The lowest BCUT2D eigenvalue weighted by Crippen LogP contribution is -1.92. The molecule has 0 fully saturated rings. The number of methoxy groups -OCH3 is 2. The van der Waals surface area contributed by atoms with Crippen LogP contribution in [0.1, 0.15) is 173 Å². The summed E-state index contributed by atoms with van der Waals surface area (Å²) in [4.78, 5) is 0. The summed E-state index contributed by atoms with van der Waals surface area (Å²) in [5.41, 5.74) is 1.32. The molecule has 226 valence electrons. The fourth-order valence-electron chi connectivity index (χ4n) is 5.53. The van der Waals surface area contributed by atoms with Gasteiger partial charge in [-0.2, -0.15) is 0 Å². The average Bonchev–Trinajstić information content (AvgIpc) is 2.96. The predicted molar refractivity (Wildman–Crippen MR) is 173 cm³/mol. The zero-order valence-corrected chi connectivity index (χ0v) is 26.6. The van der Waals surface area contributed by atoms with Crippen molar-refractivity contribution in [3.63, 3.8) is 0 Å². The molecule has 0 N–H and O–H groups in total. The van der Waals surface area contributed by atoms with Gasteiger partial charge in [0.2, 0.25) is 0 Å². The minimum Gasteiger partial charge on any atom is -0.497 e. The van der Waals surface area contributed by atoms with Crippen LogP contribution in [0.5, 0.6) is 11.5 Å². The molecule has 0 saturated carbocycles. The van der Waals surface area contributed by atoms with Gasteiger partial charge in [-0.25, -0.2) is 0 Å². The lowest BCUT2D eigenvalue weighted by molar-refractivity contribution is 0.393. The standard InChI is InChI=1S/C37H66O2/c1-4-5-6-7-8-9-10-11-12-13-14-15-16-17-18-19-20-21-22-23-24-25-26-27-28-29-30-31-35-32-36(38-2)34-37(33-35)39-3/h11-12,32-34H,4-10,13-31H2,1-3H3/b12-11-. The van der Waals surface area contributed by atoms with Crippen LogP contribution in [0, 0.1) is 0 Å². The number of hydrogen-bond donors (Lipinski definition) is 0. The fraction of sp³-hybridized carbons (Fsp3) is 0.784. The molecule has 0 heterocycles. The van der Waals surface area contributed by atoms with Crippen molar-refractivity contribution in [1.29, 1.82) is 0 Å². The molecule has 0 spiro atoms. The summed E-state index contributed by atoms with van der Waals surface area (Å²) in [6.07, 6.45) is 41.2. The Labute approximate surface area is 244 Å². The van der Waals surface area contributed by atoms with Gasteiger partial charge in [-0.1, -0.05) is 147 Å². The van der Waals surface area contributed by atoms with Crippen molar-refractivity contribution in [2.75, 3.05) is 14.2 Å². The summed E-state index contributed by atoms with van der Waals surface area (Å²) in [6.45, 7) is 2.29. The Morgan fingerprint density at radius 1 is 0.436 bits per heavy atom. The summed E-state index contributed by atoms with van der Waals surface area (Å²) >= 11 is 0. The molecule has 0 radical (unpaired) electrons. The lowest BCUT2D eigenvalue weighted by Gasteiger charge is -2.08. The number of rotatable bonds is 29. The van der Waals surface area contributed by atoms with Crippen molar-refractivity contribution in [3.05, 3.63) is 35.9 Å². The number of allylic oxidation sites excluding steroid dienone is 2. The van der Waals surface area contributed by atoms with E-state index in [1.165, 1.54) is 166 Å². The SMILES string of the molecule is CCCCCCCC/C=C\CCCCCCCCCCCCCCCCCCCc1cc(OC)cc(OC)c1. The molecule has 0 aliphatic carbocycles. The average molecular weight is 543 g/mol. The van der Waals surface area contributed by atoms with Gasteiger partial charge in [0.25, 0.3) is 0 Å². The van der Waals surface area contributed by atoms with E-state index < -0.39 is 0 Å². The molecule has 0 aliphatic heterocycles. The van der Waals surface area contributed by atoms with Crippen molar-refractivity contribution in [2.45, 2.75) is 174 Å². The van der Waals surface area contributed by atoms with Crippen LogP contribution in [-0.4, -0.2) is 14.2 Å². The van der Waals surface area contributed by atoms with Gasteiger partial charge < -0.3 is 9.47 Å². The Kier molecular flexibility index (Phi) is 25.6. The summed E-state index contributed by atoms with van der Waals surface area (Å²) in [5, 5.41) is 0. The van der Waals surface area contributed by atoms with E-state index in [9.17, 15) is 0 Å². The molecule has 0 aliphatic rings. The molecule has 0 unspecified atom stereocenters. The summed E-state index contributed by atoms with van der Waals surface area (Å²) in [5.74, 6) is 1.79. The first kappa shape index (κ1) is 35.6. The molecule has 1 rings (SSSR count). The van der Waals surface area contributed by atoms with E-state index in [0.717, 1.165) is 17.9 Å². The van der Waals surface area contributed by atoms with E-state index in [2.05, 4.69) is 31.2 Å². The second-order valence-corrected chi connectivity index (χ2v) is 11.8. The normalized spacial score (nSPS) is 11.5. The van der Waals surface area contributed by atoms with Gasteiger partial charge in [-0.3, -0.25) is 0 Å². The Morgan fingerprint density at radius 2 is 0.769 bits per heavy atom. The van der Waals surface area contributed by atoms with E-state index in [0.29, 0.717) is 0 Å². The van der Waals surface area contributed by atoms with Crippen LogP contribution in [0.15, 0.2) is 30.4 Å². The zero-order chi connectivity index (χ0) is 28.1. The third kappa shape index (κ3) is 23.0. The van der Waals surface area contributed by atoms with Gasteiger partial charge in [0.15, 0.2) is 0 Å². The van der Waals surface area contributed by atoms with Crippen molar-refractivity contribution >= 4 is 0 Å². The Morgan fingerprint density at radius 3 is 1.13 bits per heavy atom. The highest BCUT2D eigenvalue weighted by molar-refractivity contribution is 5.38. The van der Waals surface area contributed by atoms with Crippen LogP contribution < -0.4 is 9.47 Å². The molecule has 0 aromatic heterocycles. The number of unbranched alkanes of at least 4 members (excludes halogenated alkanes) is 23. The topological polar surface area (TPSA) is 18.5 Å². The van der Waals surface area contributed by atoms with Crippen LogP contribution in [-0.2, 0) is 6.42 Å². The maximum atomic E-state index is 5.38. The monoisotopic (exact) mass is 543 g/mol. The van der Waals surface area contributed by atoms with Crippen molar-refractivity contribution in [3.8, 4) is 11.5 Å². The maximum absolute atomic E-state index is 5.38. The first-order valence-electron chi connectivity index (χ1n) is 17.2. The molecule has 0 amide bonds. The van der Waals surface area contributed by atoms with Crippen molar-refractivity contribution in [1.82, 2.24) is 0 Å². The molecule has 1 aromatic carbocycles. The number of aryl methyl sites for hydroxylation is 1. The number of benzene rings is 1. The first-order valence-corrected chi connectivity index (χ1v) is 17.2. The van der Waals surface area contributed by atoms with Crippen LogP contribution in [0.3, 0.4) is 0 Å². The molecule has 2 nitrogen and oxygen atoms in total. The van der Waals surface area contributed by atoms with E-state index in [4.69, 9.17) is 9.47 Å². The van der Waals surface area contributed by atoms with Gasteiger partial charge in [0, 0.05) is 6.07 Å². The van der Waals surface area contributed by atoms with Crippen LogP contribution in [0.25, 0.3) is 0 Å². The molecule has 1 aromatic rings. The van der Waals surface area contributed by atoms with Gasteiger partial charge in [-0.15, -0.1) is 0 Å². The van der Waals surface area contributed by atoms with Crippen molar-refractivity contribution in [2.24, 2.45) is 0 Å². The van der Waals surface area contributed by atoms with Gasteiger partial charge in [0.05, 0.1) is 14.2 Å². The highest BCUT2D eigenvalue weighted by Crippen LogP contribution is 2.24. The minimum atomic E-state index is 0.896. The molecule has 0 bridgehead atoms. The zero-order valence-electron chi connectivity index (χ0n) is 26.6. The third-order valence-corrected chi connectivity index (χ3v) is 8.14. The fourth-order valence-corrected chi connectivity index (χ4v) is 5.53. The van der Waals surface area contributed by atoms with Gasteiger partial charge >= 0.3 is 0 Å². The summed E-state index contributed by atoms with van der Waals surface area (Å²) < 4.78 is 10.8. The maximum Gasteiger partial charge on any atom is 0.122 e. The highest BCUT2D eigenvalue weighted by atomic mass is 16.5. The number of hydrogen-bond acceptors (Lipinski definition) is 2. The second-order valence-electron chi connectivity index (χ2n) is 11.8. The van der Waals surface area contributed by atoms with E-state index >= 15 is 0 Å². The molecule has 0 saturated heterocycles. The third-order valence-electron chi connectivity index (χ3n) is 8.14. The minimum absolute atomic E-state index is 0.896. The van der Waals surface area contributed by atoms with Crippen LogP contribution in [0.4, 0.5) is 0 Å².